The molecule has 9 heteroatoms. The van der Waals surface area contributed by atoms with Crippen LogP contribution in [-0.4, -0.2) is 14.4 Å². The molecule has 0 N–H and O–H groups in total. The lowest BCUT2D eigenvalue weighted by molar-refractivity contribution is 0.145. The monoisotopic (exact) mass is 460 g/mol. The van der Waals surface area contributed by atoms with E-state index in [9.17, 15) is 14.0 Å². The van der Waals surface area contributed by atoms with E-state index in [2.05, 4.69) is 16.0 Å². The van der Waals surface area contributed by atoms with Crippen LogP contribution in [0.5, 0.6) is 0 Å². The minimum atomic E-state index is -2.75. The molecule has 0 saturated carbocycles. The van der Waals surface area contributed by atoms with Crippen LogP contribution in [0.15, 0.2) is 59.9 Å². The fourth-order valence-electron chi connectivity index (χ4n) is 3.00. The number of pyridine rings is 2. The molecule has 3 aromatic heterocycles. The summed E-state index contributed by atoms with van der Waals surface area (Å²) < 4.78 is 28.6. The molecule has 0 aliphatic rings. The normalized spacial score (nSPS) is 11.2. The zero-order valence-electron chi connectivity index (χ0n) is 15.2. The summed E-state index contributed by atoms with van der Waals surface area (Å²) in [6.45, 7) is 0. The Morgan fingerprint density at radius 2 is 1.87 bits per heavy atom. The maximum absolute atomic E-state index is 13.5. The third kappa shape index (κ3) is 4.12. The Labute approximate surface area is 185 Å². The molecule has 150 valence electrons. The fourth-order valence-corrected chi connectivity index (χ4v) is 4.42. The third-order valence-corrected chi connectivity index (χ3v) is 5.80. The molecule has 0 aliphatic carbocycles. The van der Waals surface area contributed by atoms with Crippen molar-refractivity contribution >= 4 is 40.6 Å². The quantitative estimate of drug-likeness (QED) is 0.307. The number of thioether (sulfide) groups is 1. The highest BCUT2D eigenvalue weighted by Crippen LogP contribution is 2.35. The maximum atomic E-state index is 13.5. The van der Waals surface area contributed by atoms with Gasteiger partial charge in [-0.25, -0.2) is 18.7 Å². The van der Waals surface area contributed by atoms with Gasteiger partial charge < -0.3 is 4.40 Å². The van der Waals surface area contributed by atoms with E-state index < -0.39 is 6.43 Å². The summed E-state index contributed by atoms with van der Waals surface area (Å²) >= 11 is 13.4. The van der Waals surface area contributed by atoms with Crippen LogP contribution in [0.4, 0.5) is 8.78 Å². The first kappa shape index (κ1) is 20.6. The number of hydrogen-bond donors (Lipinski definition) is 0. The Morgan fingerprint density at radius 1 is 1.10 bits per heavy atom. The maximum Gasteiger partial charge on any atom is 0.280 e. The smallest absolute Gasteiger partial charge is 0.280 e. The minimum absolute atomic E-state index is 0.232. The molecule has 3 heterocycles. The number of nitriles is 1. The predicted octanol–water partition coefficient (Wildman–Crippen LogP) is 6.80. The van der Waals surface area contributed by atoms with Crippen molar-refractivity contribution in [3.8, 4) is 17.2 Å². The van der Waals surface area contributed by atoms with Gasteiger partial charge in [0.2, 0.25) is 0 Å². The molecular formula is C21H12Cl2F2N4S. The summed E-state index contributed by atoms with van der Waals surface area (Å²) in [7, 11) is 0. The van der Waals surface area contributed by atoms with Gasteiger partial charge in [0.25, 0.3) is 6.43 Å². The lowest BCUT2D eigenvalue weighted by Crippen LogP contribution is -1.99. The van der Waals surface area contributed by atoms with Crippen molar-refractivity contribution in [2.24, 2.45) is 0 Å². The van der Waals surface area contributed by atoms with Gasteiger partial charge in [0, 0.05) is 23.7 Å². The van der Waals surface area contributed by atoms with E-state index in [0.717, 1.165) is 0 Å². The molecule has 0 fully saturated rings. The second-order valence-corrected chi connectivity index (χ2v) is 8.12. The van der Waals surface area contributed by atoms with E-state index in [1.54, 1.807) is 47.1 Å². The molecule has 0 saturated heterocycles. The Morgan fingerprint density at radius 3 is 2.57 bits per heavy atom. The Hall–Kier alpha value is -2.66. The van der Waals surface area contributed by atoms with Gasteiger partial charge >= 0.3 is 0 Å². The molecule has 0 aliphatic heterocycles. The lowest BCUT2D eigenvalue weighted by atomic mass is 10.0. The number of nitrogens with zero attached hydrogens (tertiary/aromatic N) is 4. The average molecular weight is 461 g/mol. The van der Waals surface area contributed by atoms with Gasteiger partial charge in [0.1, 0.15) is 16.8 Å². The largest absolute Gasteiger partial charge is 0.304 e. The van der Waals surface area contributed by atoms with Gasteiger partial charge in [-0.1, -0.05) is 65.3 Å². The van der Waals surface area contributed by atoms with E-state index in [1.165, 1.54) is 17.8 Å². The van der Waals surface area contributed by atoms with E-state index in [-0.39, 0.29) is 16.3 Å². The number of fused-ring (bicyclic) bond motifs is 1. The number of imidazole rings is 1. The van der Waals surface area contributed by atoms with Crippen LogP contribution in [0.2, 0.25) is 10.0 Å². The minimum Gasteiger partial charge on any atom is -0.304 e. The van der Waals surface area contributed by atoms with Gasteiger partial charge in [-0.2, -0.15) is 5.26 Å². The molecule has 0 atom stereocenters. The average Bonchev–Trinajstić information content (AvgIpc) is 3.15. The molecule has 4 aromatic rings. The SMILES string of the molecule is N#Cc1c(-c2ccccc2)cc(C(F)F)nc1SCc1cn2cc(Cl)cc(Cl)c2n1. The molecule has 0 spiro atoms. The Balaban J connectivity index is 1.72. The highest BCUT2D eigenvalue weighted by Gasteiger charge is 2.19. The number of rotatable bonds is 5. The first-order valence-electron chi connectivity index (χ1n) is 8.70. The van der Waals surface area contributed by atoms with Crippen LogP contribution in [0.25, 0.3) is 16.8 Å². The number of halogens is 4. The van der Waals surface area contributed by atoms with Gasteiger partial charge in [0.15, 0.2) is 5.65 Å². The molecule has 4 nitrogen and oxygen atoms in total. The number of aromatic nitrogens is 3. The van der Waals surface area contributed by atoms with E-state index in [1.807, 2.05) is 6.07 Å². The second kappa shape index (κ2) is 8.60. The lowest BCUT2D eigenvalue weighted by Gasteiger charge is -2.11. The van der Waals surface area contributed by atoms with Crippen molar-refractivity contribution in [3.05, 3.63) is 81.9 Å². The van der Waals surface area contributed by atoms with Crippen molar-refractivity contribution < 1.29 is 8.78 Å². The van der Waals surface area contributed by atoms with E-state index in [0.29, 0.717) is 38.3 Å². The van der Waals surface area contributed by atoms with Crippen LogP contribution >= 0.6 is 35.0 Å². The molecule has 0 unspecified atom stereocenters. The standard InChI is InChI=1S/C21H12Cl2F2N4S/c22-13-6-17(23)20-27-14(10-29(20)9-13)11-30-21-16(8-26)15(7-18(28-21)19(24)25)12-4-2-1-3-5-12/h1-7,9-10,19H,11H2. The van der Waals surface area contributed by atoms with Gasteiger partial charge in [-0.05, 0) is 17.7 Å². The van der Waals surface area contributed by atoms with Crippen molar-refractivity contribution in [2.75, 3.05) is 0 Å². The van der Waals surface area contributed by atoms with E-state index in [4.69, 9.17) is 23.2 Å². The van der Waals surface area contributed by atoms with Crippen LogP contribution in [-0.2, 0) is 5.75 Å². The third-order valence-electron chi connectivity index (χ3n) is 4.31. The van der Waals surface area contributed by atoms with Gasteiger partial charge in [-0.15, -0.1) is 0 Å². The fraction of sp³-hybridized carbons (Fsp3) is 0.0952. The summed E-state index contributed by atoms with van der Waals surface area (Å²) in [5.74, 6) is 0.318. The van der Waals surface area contributed by atoms with Gasteiger partial charge in [-0.3, -0.25) is 0 Å². The van der Waals surface area contributed by atoms with Crippen LogP contribution in [0.1, 0.15) is 23.4 Å². The Kier molecular flexibility index (Phi) is 5.91. The highest BCUT2D eigenvalue weighted by molar-refractivity contribution is 7.98. The predicted molar refractivity (Wildman–Crippen MR) is 114 cm³/mol. The van der Waals surface area contributed by atoms with Crippen LogP contribution < -0.4 is 0 Å². The van der Waals surface area contributed by atoms with Crippen molar-refractivity contribution in [2.45, 2.75) is 17.2 Å². The zero-order valence-corrected chi connectivity index (χ0v) is 17.5. The zero-order chi connectivity index (χ0) is 21.3. The molecule has 0 radical (unpaired) electrons. The second-order valence-electron chi connectivity index (χ2n) is 6.31. The topological polar surface area (TPSA) is 54.0 Å². The molecule has 0 amide bonds. The first-order chi connectivity index (χ1) is 14.5. The molecule has 30 heavy (non-hydrogen) atoms. The summed E-state index contributed by atoms with van der Waals surface area (Å²) in [6.07, 6.45) is 0.672. The number of hydrogen-bond acceptors (Lipinski definition) is 4. The first-order valence-corrected chi connectivity index (χ1v) is 10.4. The highest BCUT2D eigenvalue weighted by atomic mass is 35.5. The molecule has 0 bridgehead atoms. The van der Waals surface area contributed by atoms with Crippen molar-refractivity contribution in [1.82, 2.24) is 14.4 Å². The molecular weight excluding hydrogens is 449 g/mol. The summed E-state index contributed by atoms with van der Waals surface area (Å²) in [5.41, 5.74) is 2.17. The number of benzene rings is 1. The van der Waals surface area contributed by atoms with Crippen molar-refractivity contribution in [1.29, 1.82) is 5.26 Å². The van der Waals surface area contributed by atoms with Crippen LogP contribution in [0, 0.1) is 11.3 Å². The van der Waals surface area contributed by atoms with E-state index >= 15 is 0 Å². The summed E-state index contributed by atoms with van der Waals surface area (Å²) in [4.78, 5) is 8.49. The Bertz CT molecular complexity index is 1270. The van der Waals surface area contributed by atoms with Gasteiger partial charge in [0.05, 0.1) is 21.3 Å². The number of alkyl halides is 2. The molecule has 4 rings (SSSR count). The summed E-state index contributed by atoms with van der Waals surface area (Å²) in [5, 5.41) is 10.8. The van der Waals surface area contributed by atoms with Crippen molar-refractivity contribution in [3.63, 3.8) is 0 Å². The molecule has 1 aromatic carbocycles. The van der Waals surface area contributed by atoms with Crippen LogP contribution in [0.3, 0.4) is 0 Å². The summed E-state index contributed by atoms with van der Waals surface area (Å²) in [6, 6.07) is 13.9.